The zero-order chi connectivity index (χ0) is 19.9. The van der Waals surface area contributed by atoms with Gasteiger partial charge in [0.25, 0.3) is 11.8 Å². The third kappa shape index (κ3) is 3.00. The number of carbonyl (C=O) groups is 4. The number of hydrogen-bond donors (Lipinski definition) is 2. The number of nitrogens with zero attached hydrogens (tertiary/aromatic N) is 2. The highest BCUT2D eigenvalue weighted by Gasteiger charge is 2.55. The minimum absolute atomic E-state index is 0.0507. The predicted molar refractivity (Wildman–Crippen MR) is 101 cm³/mol. The Morgan fingerprint density at radius 2 is 1.93 bits per heavy atom. The highest BCUT2D eigenvalue weighted by molar-refractivity contribution is 6.11. The van der Waals surface area contributed by atoms with Crippen molar-refractivity contribution in [2.75, 3.05) is 19.6 Å². The Morgan fingerprint density at radius 3 is 2.64 bits per heavy atom. The van der Waals surface area contributed by atoms with E-state index in [1.54, 1.807) is 4.90 Å². The number of nitrogens with one attached hydrogen (secondary N) is 2. The maximum Gasteiger partial charge on any atom is 0.325 e. The Kier molecular flexibility index (Phi) is 4.72. The number of rotatable bonds is 4. The first-order chi connectivity index (χ1) is 13.4. The molecule has 150 valence electrons. The van der Waals surface area contributed by atoms with E-state index in [1.165, 1.54) is 12.3 Å². The van der Waals surface area contributed by atoms with Gasteiger partial charge in [-0.15, -0.1) is 0 Å². The van der Waals surface area contributed by atoms with Gasteiger partial charge in [0, 0.05) is 24.8 Å². The van der Waals surface area contributed by atoms with Gasteiger partial charge in [0.1, 0.15) is 11.2 Å². The molecule has 2 atom stereocenters. The van der Waals surface area contributed by atoms with E-state index in [0.717, 1.165) is 50.1 Å². The molecule has 4 rings (SSSR count). The number of H-pyrrole nitrogens is 1. The van der Waals surface area contributed by atoms with Crippen LogP contribution in [0.1, 0.15) is 66.3 Å². The summed E-state index contributed by atoms with van der Waals surface area (Å²) < 4.78 is 0. The summed E-state index contributed by atoms with van der Waals surface area (Å²) in [4.78, 5) is 56.2. The first-order valence-electron chi connectivity index (χ1n) is 10.1. The van der Waals surface area contributed by atoms with Crippen molar-refractivity contribution in [2.24, 2.45) is 5.92 Å². The van der Waals surface area contributed by atoms with E-state index in [1.807, 2.05) is 6.92 Å². The molecule has 1 aliphatic carbocycles. The fourth-order valence-corrected chi connectivity index (χ4v) is 4.64. The van der Waals surface area contributed by atoms with Gasteiger partial charge in [0.2, 0.25) is 0 Å². The van der Waals surface area contributed by atoms with E-state index in [0.29, 0.717) is 17.7 Å². The lowest BCUT2D eigenvalue weighted by molar-refractivity contribution is -0.133. The third-order valence-corrected chi connectivity index (χ3v) is 6.43. The molecule has 1 aromatic rings. The molecule has 1 aromatic heterocycles. The topological polar surface area (TPSA) is 103 Å². The van der Waals surface area contributed by atoms with Crippen LogP contribution in [0.15, 0.2) is 12.3 Å². The van der Waals surface area contributed by atoms with Crippen LogP contribution in [0.4, 0.5) is 4.79 Å². The molecule has 8 heteroatoms. The molecule has 3 heterocycles. The van der Waals surface area contributed by atoms with Gasteiger partial charge in [-0.1, -0.05) is 19.8 Å². The monoisotopic (exact) mass is 386 g/mol. The largest absolute Gasteiger partial charge is 0.356 e. The molecule has 0 radical (unpaired) electrons. The first kappa shape index (κ1) is 18.7. The summed E-state index contributed by atoms with van der Waals surface area (Å²) in [5.41, 5.74) is -0.203. The molecular formula is C20H26N4O4. The second-order valence-electron chi connectivity index (χ2n) is 8.16. The van der Waals surface area contributed by atoms with Crippen LogP contribution in [-0.4, -0.2) is 63.6 Å². The van der Waals surface area contributed by atoms with Crippen molar-refractivity contribution in [3.8, 4) is 0 Å². The molecule has 3 fully saturated rings. The second-order valence-corrected chi connectivity index (χ2v) is 8.16. The van der Waals surface area contributed by atoms with Gasteiger partial charge in [-0.25, -0.2) is 4.79 Å². The average molecular weight is 386 g/mol. The van der Waals surface area contributed by atoms with Gasteiger partial charge in [0.15, 0.2) is 5.78 Å². The number of aromatic nitrogens is 1. The van der Waals surface area contributed by atoms with Crippen molar-refractivity contribution in [3.63, 3.8) is 0 Å². The Labute approximate surface area is 163 Å². The zero-order valence-corrected chi connectivity index (χ0v) is 16.1. The van der Waals surface area contributed by atoms with Crippen LogP contribution in [0.25, 0.3) is 0 Å². The molecule has 4 amide bonds. The SMILES string of the molecule is C[C@@H]1CCCC[C@]12NC(=O)N(CC(=O)c1c[nH]c(C(=O)N3CCCC3)c1)C2=O. The normalized spacial score (nSPS) is 27.5. The molecule has 2 N–H and O–H groups in total. The van der Waals surface area contributed by atoms with Crippen molar-refractivity contribution in [1.29, 1.82) is 0 Å². The molecule has 28 heavy (non-hydrogen) atoms. The number of urea groups is 1. The Morgan fingerprint density at radius 1 is 1.18 bits per heavy atom. The van der Waals surface area contributed by atoms with Crippen LogP contribution in [0, 0.1) is 5.92 Å². The van der Waals surface area contributed by atoms with Crippen molar-refractivity contribution in [2.45, 2.75) is 51.0 Å². The van der Waals surface area contributed by atoms with E-state index in [-0.39, 0.29) is 30.1 Å². The molecular weight excluding hydrogens is 360 g/mol. The van der Waals surface area contributed by atoms with E-state index < -0.39 is 11.6 Å². The van der Waals surface area contributed by atoms with Crippen LogP contribution in [-0.2, 0) is 4.79 Å². The number of likely N-dealkylation sites (tertiary alicyclic amines) is 1. The van der Waals surface area contributed by atoms with Gasteiger partial charge >= 0.3 is 6.03 Å². The summed E-state index contributed by atoms with van der Waals surface area (Å²) in [6, 6.07) is 1.01. The molecule has 1 saturated carbocycles. The van der Waals surface area contributed by atoms with E-state index in [2.05, 4.69) is 10.3 Å². The zero-order valence-electron chi connectivity index (χ0n) is 16.1. The van der Waals surface area contributed by atoms with Crippen molar-refractivity contribution < 1.29 is 19.2 Å². The Hall–Kier alpha value is -2.64. The predicted octanol–water partition coefficient (Wildman–Crippen LogP) is 1.93. The average Bonchev–Trinajstić information content (AvgIpc) is 3.41. The standard InChI is InChI=1S/C20H26N4O4/c1-13-6-2-3-7-20(13)18(27)24(19(28)22-20)12-16(25)14-10-15(21-11-14)17(26)23-8-4-5-9-23/h10-11,13,21H,2-9,12H2,1H3,(H,22,28)/t13-,20+/m1/s1. The quantitative estimate of drug-likeness (QED) is 0.610. The summed E-state index contributed by atoms with van der Waals surface area (Å²) in [7, 11) is 0. The highest BCUT2D eigenvalue weighted by Crippen LogP contribution is 2.38. The summed E-state index contributed by atoms with van der Waals surface area (Å²) in [6.07, 6.45) is 6.88. The van der Waals surface area contributed by atoms with Crippen molar-refractivity contribution in [1.82, 2.24) is 20.1 Å². The fourth-order valence-electron chi connectivity index (χ4n) is 4.64. The maximum absolute atomic E-state index is 13.0. The molecule has 2 saturated heterocycles. The van der Waals surface area contributed by atoms with Gasteiger partial charge in [-0.2, -0.15) is 0 Å². The molecule has 8 nitrogen and oxygen atoms in total. The number of Topliss-reactive ketones (excluding diaryl/α,β-unsaturated/α-hetero) is 1. The van der Waals surface area contributed by atoms with Gasteiger partial charge in [-0.3, -0.25) is 19.3 Å². The van der Waals surface area contributed by atoms with Crippen LogP contribution >= 0.6 is 0 Å². The Bertz CT molecular complexity index is 826. The van der Waals surface area contributed by atoms with Gasteiger partial charge in [-0.05, 0) is 37.7 Å². The van der Waals surface area contributed by atoms with Gasteiger partial charge < -0.3 is 15.2 Å². The van der Waals surface area contributed by atoms with Crippen molar-refractivity contribution in [3.05, 3.63) is 23.5 Å². The highest BCUT2D eigenvalue weighted by atomic mass is 16.2. The maximum atomic E-state index is 13.0. The fraction of sp³-hybridized carbons (Fsp3) is 0.600. The third-order valence-electron chi connectivity index (χ3n) is 6.43. The number of aromatic amines is 1. The molecule has 2 aliphatic heterocycles. The van der Waals surface area contributed by atoms with E-state index in [4.69, 9.17) is 0 Å². The van der Waals surface area contributed by atoms with Crippen LogP contribution in [0.2, 0.25) is 0 Å². The van der Waals surface area contributed by atoms with Crippen LogP contribution in [0.3, 0.4) is 0 Å². The minimum atomic E-state index is -0.870. The van der Waals surface area contributed by atoms with Gasteiger partial charge in [0.05, 0.1) is 6.54 Å². The molecule has 0 aromatic carbocycles. The number of imide groups is 1. The molecule has 3 aliphatic rings. The number of amides is 4. The Balaban J connectivity index is 1.46. The number of hydrogen-bond acceptors (Lipinski definition) is 4. The number of carbonyl (C=O) groups excluding carboxylic acids is 4. The smallest absolute Gasteiger partial charge is 0.325 e. The van der Waals surface area contributed by atoms with Crippen LogP contribution < -0.4 is 5.32 Å². The molecule has 0 unspecified atom stereocenters. The lowest BCUT2D eigenvalue weighted by Gasteiger charge is -2.36. The lowest BCUT2D eigenvalue weighted by atomic mass is 9.73. The van der Waals surface area contributed by atoms with Crippen molar-refractivity contribution >= 4 is 23.6 Å². The summed E-state index contributed by atoms with van der Waals surface area (Å²) >= 11 is 0. The van der Waals surface area contributed by atoms with Crippen LogP contribution in [0.5, 0.6) is 0 Å². The summed E-state index contributed by atoms with van der Waals surface area (Å²) in [6.45, 7) is 3.12. The lowest BCUT2D eigenvalue weighted by Crippen LogP contribution is -2.54. The van der Waals surface area contributed by atoms with E-state index in [9.17, 15) is 19.2 Å². The molecule has 1 spiro atoms. The second kappa shape index (κ2) is 7.07. The summed E-state index contributed by atoms with van der Waals surface area (Å²) in [5, 5.41) is 2.85. The van der Waals surface area contributed by atoms with E-state index >= 15 is 0 Å². The molecule has 0 bridgehead atoms. The summed E-state index contributed by atoms with van der Waals surface area (Å²) in [5.74, 6) is -0.737. The first-order valence-corrected chi connectivity index (χ1v) is 10.1. The number of ketones is 1. The minimum Gasteiger partial charge on any atom is -0.356 e.